The van der Waals surface area contributed by atoms with Crippen LogP contribution in [0.3, 0.4) is 0 Å². The van der Waals surface area contributed by atoms with E-state index >= 15 is 0 Å². The predicted octanol–water partition coefficient (Wildman–Crippen LogP) is -3.70. The third-order valence-electron chi connectivity index (χ3n) is 0. The van der Waals surface area contributed by atoms with E-state index in [1.54, 1.807) is 0 Å². The Hall–Kier alpha value is 1.10. The maximum atomic E-state index is 8.88. The highest BCUT2D eigenvalue weighted by atomic mass is 31.2. The monoisotopic (exact) mass is 320 g/mol. The zero-order chi connectivity index (χ0) is 13.5. The molecule has 0 radical (unpaired) electrons. The quantitative estimate of drug-likeness (QED) is 0.155. The fourth-order valence-electron chi connectivity index (χ4n) is 0. The third-order valence-corrected chi connectivity index (χ3v) is 0. The molecule has 0 rings (SSSR count). The maximum Gasteiger partial charge on any atom is 0.466 e. The Kier molecular flexibility index (Phi) is 16.2. The Bertz CT molecular complexity index is 202. The van der Waals surface area contributed by atoms with E-state index in [0.29, 0.717) is 0 Å². The van der Waals surface area contributed by atoms with Gasteiger partial charge in [-0.25, -0.2) is 13.7 Å². The van der Waals surface area contributed by atoms with Crippen LogP contribution in [-0.4, -0.2) is 67.1 Å². The molecule has 0 unspecified atom stereocenters. The summed E-state index contributed by atoms with van der Waals surface area (Å²) in [5.74, 6) is 0. The summed E-state index contributed by atoms with van der Waals surface area (Å²) in [5, 5.41) is 0. The van der Waals surface area contributed by atoms with Gasteiger partial charge in [0.05, 0.1) is 0 Å². The van der Waals surface area contributed by atoms with Crippen molar-refractivity contribution in [2.45, 2.75) is 0 Å². The van der Waals surface area contributed by atoms with Crippen LogP contribution in [0.5, 0.6) is 0 Å². The normalized spacial score (nSPS) is 11.1. The van der Waals surface area contributed by atoms with Gasteiger partial charge >= 0.3 is 46.5 Å². The lowest BCUT2D eigenvalue weighted by Crippen LogP contribution is -1.66. The van der Waals surface area contributed by atoms with E-state index in [0.717, 1.165) is 0 Å². The molecule has 0 fully saturated rings. The maximum absolute atomic E-state index is 8.88. The molecule has 0 heterocycles. The van der Waals surface area contributed by atoms with Gasteiger partial charge in [-0.3, -0.25) is 0 Å². The summed E-state index contributed by atoms with van der Waals surface area (Å²) in [6, 6.07) is 0. The first-order chi connectivity index (χ1) is 6.00. The number of hydrogen-bond donors (Lipinski definition) is 9. The Labute approximate surface area is 104 Å². The topological polar surface area (TPSA) is 233 Å². The largest absolute Gasteiger partial charge is 0.466 e. The molecule has 0 aromatic heterocycles. The minimum atomic E-state index is -4.64. The predicted molar refractivity (Wildman–Crippen MR) is 51.3 cm³/mol. The number of phosphoric acid groups is 3. The summed E-state index contributed by atoms with van der Waals surface area (Å²) in [5.41, 5.74) is 0. The van der Waals surface area contributed by atoms with E-state index in [1.165, 1.54) is 0 Å². The van der Waals surface area contributed by atoms with Gasteiger partial charge in [0.15, 0.2) is 0 Å². The van der Waals surface area contributed by atoms with Crippen molar-refractivity contribution >= 4 is 46.5 Å². The standard InChI is InChI=1S/Mg.3H3O4P.2H/c;3*1-5(2,3)4;;/h;3*(H3,1,2,3,4);;. The second-order valence-corrected chi connectivity index (χ2v) is 4.62. The van der Waals surface area contributed by atoms with Gasteiger partial charge in [0.1, 0.15) is 0 Å². The molecule has 12 nitrogen and oxygen atoms in total. The molecule has 0 saturated carbocycles. The van der Waals surface area contributed by atoms with Crippen molar-refractivity contribution in [3.05, 3.63) is 0 Å². The van der Waals surface area contributed by atoms with E-state index < -0.39 is 23.5 Å². The molecule has 16 heteroatoms. The van der Waals surface area contributed by atoms with Gasteiger partial charge in [-0.05, 0) is 0 Å². The summed E-state index contributed by atoms with van der Waals surface area (Å²) in [7, 11) is -13.9. The smallest absolute Gasteiger partial charge is 0.303 e. The van der Waals surface area contributed by atoms with E-state index in [-0.39, 0.29) is 23.1 Å². The van der Waals surface area contributed by atoms with Crippen molar-refractivity contribution in [3.63, 3.8) is 0 Å². The van der Waals surface area contributed by atoms with Crippen LogP contribution in [0.25, 0.3) is 0 Å². The molecule has 9 N–H and O–H groups in total. The zero-order valence-corrected chi connectivity index (χ0v) is 9.27. The Morgan fingerprint density at radius 3 is 0.438 bits per heavy atom. The fourth-order valence-corrected chi connectivity index (χ4v) is 0. The second-order valence-electron chi connectivity index (χ2n) is 1.54. The van der Waals surface area contributed by atoms with Crippen LogP contribution in [0.4, 0.5) is 0 Å². The molecule has 0 atom stereocenters. The van der Waals surface area contributed by atoms with Crippen molar-refractivity contribution in [2.75, 3.05) is 0 Å². The van der Waals surface area contributed by atoms with Gasteiger partial charge in [-0.15, -0.1) is 0 Å². The molecule has 0 aromatic carbocycles. The highest BCUT2D eigenvalue weighted by Crippen LogP contribution is 2.26. The van der Waals surface area contributed by atoms with Crippen molar-refractivity contribution in [1.29, 1.82) is 0 Å². The van der Waals surface area contributed by atoms with Crippen LogP contribution >= 0.6 is 23.5 Å². The molecule has 0 spiro atoms. The van der Waals surface area contributed by atoms with Gasteiger partial charge in [0.2, 0.25) is 0 Å². The lowest BCUT2D eigenvalue weighted by molar-refractivity contribution is 0.272. The van der Waals surface area contributed by atoms with Crippen molar-refractivity contribution in [3.8, 4) is 0 Å². The highest BCUT2D eigenvalue weighted by Gasteiger charge is 2.01. The van der Waals surface area contributed by atoms with Gasteiger partial charge in [-0.1, -0.05) is 0 Å². The molecule has 16 heavy (non-hydrogen) atoms. The molecule has 100 valence electrons. The first-order valence-corrected chi connectivity index (χ1v) is 7.04. The summed E-state index contributed by atoms with van der Waals surface area (Å²) in [6.45, 7) is 0. The van der Waals surface area contributed by atoms with Gasteiger partial charge in [0.25, 0.3) is 0 Å². The molecule has 0 bridgehead atoms. The van der Waals surface area contributed by atoms with E-state index in [2.05, 4.69) is 0 Å². The summed E-state index contributed by atoms with van der Waals surface area (Å²) in [6.07, 6.45) is 0. The molecule has 0 aromatic rings. The van der Waals surface area contributed by atoms with Crippen molar-refractivity contribution in [1.82, 2.24) is 0 Å². The minimum Gasteiger partial charge on any atom is -0.303 e. The average molecular weight is 320 g/mol. The summed E-state index contributed by atoms with van der Waals surface area (Å²) < 4.78 is 26.6. The second kappa shape index (κ2) is 10.1. The Balaban J connectivity index is -0.0000000655. The molecule has 0 aliphatic carbocycles. The SMILES string of the molecule is O=P(O)(O)O.O=P(O)(O)O.O=P(O)(O)O.[MgH2]. The van der Waals surface area contributed by atoms with E-state index in [9.17, 15) is 0 Å². The van der Waals surface area contributed by atoms with E-state index in [1.807, 2.05) is 0 Å². The number of hydrogen-bond acceptors (Lipinski definition) is 3. The summed E-state index contributed by atoms with van der Waals surface area (Å²) >= 11 is 0. The molecular formula is H11MgO12P3. The minimum absolute atomic E-state index is 0. The van der Waals surface area contributed by atoms with E-state index in [4.69, 9.17) is 57.7 Å². The Morgan fingerprint density at radius 1 is 0.438 bits per heavy atom. The highest BCUT2D eigenvalue weighted by molar-refractivity contribution is 7.45. The van der Waals surface area contributed by atoms with Gasteiger partial charge < -0.3 is 44.0 Å². The summed E-state index contributed by atoms with van der Waals surface area (Å²) in [4.78, 5) is 64.7. The first-order valence-electron chi connectivity index (χ1n) is 2.35. The lowest BCUT2D eigenvalue weighted by Gasteiger charge is -1.82. The third kappa shape index (κ3) is 2500. The molecule has 0 aliphatic heterocycles. The van der Waals surface area contributed by atoms with Gasteiger partial charge in [-0.2, -0.15) is 0 Å². The average Bonchev–Trinajstić information content (AvgIpc) is 1.41. The van der Waals surface area contributed by atoms with Crippen LogP contribution in [0.2, 0.25) is 0 Å². The van der Waals surface area contributed by atoms with Crippen LogP contribution in [0, 0.1) is 0 Å². The van der Waals surface area contributed by atoms with Crippen molar-refractivity contribution in [2.24, 2.45) is 0 Å². The molecule has 0 amide bonds. The first kappa shape index (κ1) is 25.8. The fraction of sp³-hybridized carbons (Fsp3) is 0. The van der Waals surface area contributed by atoms with Crippen LogP contribution in [0.1, 0.15) is 0 Å². The molecule has 0 aliphatic rings. The Morgan fingerprint density at radius 2 is 0.438 bits per heavy atom. The molecule has 0 saturated heterocycles. The van der Waals surface area contributed by atoms with Crippen LogP contribution in [-0.2, 0) is 13.7 Å². The lowest BCUT2D eigenvalue weighted by atomic mass is 15.8. The molecular weight excluding hydrogens is 309 g/mol. The van der Waals surface area contributed by atoms with Crippen LogP contribution < -0.4 is 0 Å². The zero-order valence-electron chi connectivity index (χ0n) is 6.59. The number of rotatable bonds is 0. The van der Waals surface area contributed by atoms with Crippen LogP contribution in [0.15, 0.2) is 0 Å². The van der Waals surface area contributed by atoms with Crippen molar-refractivity contribution < 1.29 is 57.7 Å². The van der Waals surface area contributed by atoms with Gasteiger partial charge in [0, 0.05) is 0 Å².